The molecule has 0 bridgehead atoms. The first-order valence-corrected chi connectivity index (χ1v) is 13.5. The Balaban J connectivity index is 2.43. The third kappa shape index (κ3) is 7.35. The molecule has 2 amide bonds. The molecule has 0 aliphatic carbocycles. The number of aryl methyl sites for hydroxylation is 1. The molecule has 34 heavy (non-hydrogen) atoms. The van der Waals surface area contributed by atoms with E-state index in [1.165, 1.54) is 4.90 Å². The smallest absolute Gasteiger partial charge is 0.244 e. The van der Waals surface area contributed by atoms with Gasteiger partial charge in [-0.3, -0.25) is 13.9 Å². The van der Waals surface area contributed by atoms with E-state index >= 15 is 0 Å². The molecule has 2 atom stereocenters. The van der Waals surface area contributed by atoms with E-state index in [9.17, 15) is 18.0 Å². The predicted octanol–water partition coefficient (Wildman–Crippen LogP) is 4.40. The van der Waals surface area contributed by atoms with Crippen molar-refractivity contribution in [3.05, 3.63) is 63.6 Å². The van der Waals surface area contributed by atoms with Crippen LogP contribution in [0.5, 0.6) is 0 Å². The highest BCUT2D eigenvalue weighted by atomic mass is 35.5. The second-order valence-electron chi connectivity index (χ2n) is 8.31. The number of nitrogens with one attached hydrogen (secondary N) is 1. The lowest BCUT2D eigenvalue weighted by Gasteiger charge is -2.32. The van der Waals surface area contributed by atoms with Crippen molar-refractivity contribution in [1.82, 2.24) is 10.2 Å². The highest BCUT2D eigenvalue weighted by Gasteiger charge is 2.31. The summed E-state index contributed by atoms with van der Waals surface area (Å²) in [6.07, 6.45) is 1.77. The molecule has 7 nitrogen and oxygen atoms in total. The highest BCUT2D eigenvalue weighted by Crippen LogP contribution is 2.25. The second kappa shape index (κ2) is 11.9. The third-order valence-electron chi connectivity index (χ3n) is 5.59. The maximum Gasteiger partial charge on any atom is 0.244 e. The Hall–Kier alpha value is -2.29. The standard InChI is InChI=1S/C24H31Cl2N3O4S/c1-6-17(3)27-24(31)18(4)28(14-19-11-12-20(25)13-21(19)26)23(30)15-29(34(5,32)33)22-10-8-7-9-16(22)2/h7-13,17-18H,6,14-15H2,1-5H3,(H,27,31)/t17-,18+/m0/s1. The van der Waals surface area contributed by atoms with Crippen LogP contribution in [0, 0.1) is 6.92 Å². The van der Waals surface area contributed by atoms with Gasteiger partial charge in [0.1, 0.15) is 12.6 Å². The van der Waals surface area contributed by atoms with E-state index in [4.69, 9.17) is 23.2 Å². The summed E-state index contributed by atoms with van der Waals surface area (Å²) in [4.78, 5) is 27.8. The van der Waals surface area contributed by atoms with E-state index in [0.29, 0.717) is 26.9 Å². The predicted molar refractivity (Wildman–Crippen MR) is 138 cm³/mol. The van der Waals surface area contributed by atoms with Gasteiger partial charge in [-0.2, -0.15) is 0 Å². The fourth-order valence-corrected chi connectivity index (χ4v) is 4.69. The van der Waals surface area contributed by atoms with E-state index in [2.05, 4.69) is 5.32 Å². The van der Waals surface area contributed by atoms with Crippen LogP contribution in [0.4, 0.5) is 5.69 Å². The van der Waals surface area contributed by atoms with Gasteiger partial charge in [0.05, 0.1) is 11.9 Å². The number of carbonyl (C=O) groups excluding carboxylic acids is 2. The number of sulfonamides is 1. The van der Waals surface area contributed by atoms with Crippen LogP contribution in [0.15, 0.2) is 42.5 Å². The van der Waals surface area contributed by atoms with Crippen LogP contribution < -0.4 is 9.62 Å². The van der Waals surface area contributed by atoms with Crippen molar-refractivity contribution in [2.45, 2.75) is 52.7 Å². The van der Waals surface area contributed by atoms with Crippen molar-refractivity contribution in [2.24, 2.45) is 0 Å². The number of para-hydroxylation sites is 1. The molecular formula is C24H31Cl2N3O4S. The van der Waals surface area contributed by atoms with Crippen LogP contribution >= 0.6 is 23.2 Å². The van der Waals surface area contributed by atoms with Crippen LogP contribution in [0.1, 0.15) is 38.3 Å². The Morgan fingerprint density at radius 2 is 1.74 bits per heavy atom. The topological polar surface area (TPSA) is 86.8 Å². The highest BCUT2D eigenvalue weighted by molar-refractivity contribution is 7.92. The molecule has 0 aromatic heterocycles. The average Bonchev–Trinajstić information content (AvgIpc) is 2.76. The number of carbonyl (C=O) groups is 2. The van der Waals surface area contributed by atoms with Gasteiger partial charge in [0, 0.05) is 22.6 Å². The third-order valence-corrected chi connectivity index (χ3v) is 7.30. The van der Waals surface area contributed by atoms with Crippen molar-refractivity contribution in [1.29, 1.82) is 0 Å². The first kappa shape index (κ1) is 28.0. The first-order valence-electron chi connectivity index (χ1n) is 10.9. The van der Waals surface area contributed by atoms with Crippen molar-refractivity contribution in [3.8, 4) is 0 Å². The zero-order valence-electron chi connectivity index (χ0n) is 20.0. The molecular weight excluding hydrogens is 497 g/mol. The normalized spacial score (nSPS) is 13.1. The summed E-state index contributed by atoms with van der Waals surface area (Å²) in [5, 5.41) is 3.67. The van der Waals surface area contributed by atoms with Crippen LogP contribution in [0.25, 0.3) is 0 Å². The Kier molecular flexibility index (Phi) is 9.79. The summed E-state index contributed by atoms with van der Waals surface area (Å²) in [5.41, 5.74) is 1.69. The van der Waals surface area contributed by atoms with Gasteiger partial charge in [-0.25, -0.2) is 8.42 Å². The quantitative estimate of drug-likeness (QED) is 0.495. The summed E-state index contributed by atoms with van der Waals surface area (Å²) in [7, 11) is -3.78. The lowest BCUT2D eigenvalue weighted by molar-refractivity contribution is -0.139. The second-order valence-corrected chi connectivity index (χ2v) is 11.1. The molecule has 0 aliphatic heterocycles. The molecule has 0 radical (unpaired) electrons. The summed E-state index contributed by atoms with van der Waals surface area (Å²) >= 11 is 12.3. The number of halogens is 2. The zero-order chi connectivity index (χ0) is 25.6. The Morgan fingerprint density at radius 1 is 1.09 bits per heavy atom. The van der Waals surface area contributed by atoms with Crippen LogP contribution in [-0.4, -0.2) is 50.0 Å². The van der Waals surface area contributed by atoms with E-state index in [1.807, 2.05) is 13.8 Å². The molecule has 0 saturated carbocycles. The Bertz CT molecular complexity index is 1140. The number of amides is 2. The van der Waals surface area contributed by atoms with Crippen molar-refractivity contribution in [3.63, 3.8) is 0 Å². The Labute approximate surface area is 212 Å². The lowest BCUT2D eigenvalue weighted by atomic mass is 10.1. The number of nitrogens with zero attached hydrogens (tertiary/aromatic N) is 2. The van der Waals surface area contributed by atoms with Crippen LogP contribution in [0.3, 0.4) is 0 Å². The van der Waals surface area contributed by atoms with E-state index in [0.717, 1.165) is 17.0 Å². The molecule has 0 heterocycles. The molecule has 0 saturated heterocycles. The van der Waals surface area contributed by atoms with Gasteiger partial charge in [-0.05, 0) is 56.5 Å². The van der Waals surface area contributed by atoms with E-state index < -0.39 is 28.5 Å². The minimum atomic E-state index is -3.78. The van der Waals surface area contributed by atoms with Gasteiger partial charge in [0.15, 0.2) is 0 Å². The molecule has 2 aromatic rings. The van der Waals surface area contributed by atoms with Crippen molar-refractivity contribution >= 4 is 50.7 Å². The van der Waals surface area contributed by atoms with Gasteiger partial charge < -0.3 is 10.2 Å². The lowest BCUT2D eigenvalue weighted by Crippen LogP contribution is -2.52. The average molecular weight is 529 g/mol. The molecule has 0 aliphatic rings. The molecule has 0 spiro atoms. The van der Waals surface area contributed by atoms with Crippen LogP contribution in [-0.2, 0) is 26.2 Å². The molecule has 2 rings (SSSR count). The van der Waals surface area contributed by atoms with Gasteiger partial charge in [-0.1, -0.05) is 54.4 Å². The van der Waals surface area contributed by atoms with E-state index in [-0.39, 0.29) is 18.5 Å². The molecule has 0 unspecified atom stereocenters. The zero-order valence-corrected chi connectivity index (χ0v) is 22.3. The molecule has 0 fully saturated rings. The van der Waals surface area contributed by atoms with Gasteiger partial charge >= 0.3 is 0 Å². The van der Waals surface area contributed by atoms with E-state index in [1.54, 1.807) is 56.3 Å². The minimum Gasteiger partial charge on any atom is -0.352 e. The number of benzene rings is 2. The van der Waals surface area contributed by atoms with Crippen molar-refractivity contribution in [2.75, 3.05) is 17.1 Å². The van der Waals surface area contributed by atoms with Crippen molar-refractivity contribution < 1.29 is 18.0 Å². The summed E-state index contributed by atoms with van der Waals surface area (Å²) in [6.45, 7) is 6.74. The van der Waals surface area contributed by atoms with Gasteiger partial charge in [-0.15, -0.1) is 0 Å². The molecule has 186 valence electrons. The SMILES string of the molecule is CC[C@H](C)NC(=O)[C@@H](C)N(Cc1ccc(Cl)cc1Cl)C(=O)CN(c1ccccc1C)S(C)(=O)=O. The first-order chi connectivity index (χ1) is 15.8. The summed E-state index contributed by atoms with van der Waals surface area (Å²) in [6, 6.07) is 10.8. The number of hydrogen-bond acceptors (Lipinski definition) is 4. The summed E-state index contributed by atoms with van der Waals surface area (Å²) in [5.74, 6) is -0.874. The minimum absolute atomic E-state index is 0.00923. The largest absolute Gasteiger partial charge is 0.352 e. The molecule has 2 aromatic carbocycles. The molecule has 10 heteroatoms. The fourth-order valence-electron chi connectivity index (χ4n) is 3.32. The number of anilines is 1. The monoisotopic (exact) mass is 527 g/mol. The van der Waals surface area contributed by atoms with Gasteiger partial charge in [0.2, 0.25) is 21.8 Å². The number of hydrogen-bond donors (Lipinski definition) is 1. The number of rotatable bonds is 10. The maximum absolute atomic E-state index is 13.5. The summed E-state index contributed by atoms with van der Waals surface area (Å²) < 4.78 is 26.3. The fraction of sp³-hybridized carbons (Fsp3) is 0.417. The Morgan fingerprint density at radius 3 is 2.29 bits per heavy atom. The van der Waals surface area contributed by atoms with Gasteiger partial charge in [0.25, 0.3) is 0 Å². The van der Waals surface area contributed by atoms with Crippen LogP contribution in [0.2, 0.25) is 10.0 Å². The molecule has 1 N–H and O–H groups in total. The maximum atomic E-state index is 13.5.